The van der Waals surface area contributed by atoms with E-state index in [9.17, 15) is 14.0 Å². The molecule has 0 spiro atoms. The molecule has 1 aliphatic heterocycles. The van der Waals surface area contributed by atoms with Crippen LogP contribution in [0, 0.1) is 12.7 Å². The minimum Gasteiger partial charge on any atom is -0.487 e. The highest BCUT2D eigenvalue weighted by molar-refractivity contribution is 9.11. The predicted molar refractivity (Wildman–Crippen MR) is 164 cm³/mol. The smallest absolute Gasteiger partial charge is 0.338 e. The van der Waals surface area contributed by atoms with Crippen LogP contribution >= 0.6 is 43.2 Å². The number of hydrogen-bond acceptors (Lipinski definition) is 6. The first-order chi connectivity index (χ1) is 19.7. The molecule has 1 atom stereocenters. The minimum atomic E-state index is -0.684. The topological polar surface area (TPSA) is 69.9 Å². The molecule has 41 heavy (non-hydrogen) atoms. The van der Waals surface area contributed by atoms with Crippen LogP contribution in [0.4, 0.5) is 4.39 Å². The van der Waals surface area contributed by atoms with Gasteiger partial charge in [-0.05, 0) is 78.2 Å². The van der Waals surface area contributed by atoms with E-state index in [4.69, 9.17) is 9.47 Å². The van der Waals surface area contributed by atoms with Gasteiger partial charge in [0, 0.05) is 10.0 Å². The van der Waals surface area contributed by atoms with E-state index in [2.05, 4.69) is 36.9 Å². The van der Waals surface area contributed by atoms with Gasteiger partial charge in [0.05, 0.1) is 32.9 Å². The van der Waals surface area contributed by atoms with Crippen LogP contribution < -0.4 is 19.6 Å². The van der Waals surface area contributed by atoms with Gasteiger partial charge >= 0.3 is 5.97 Å². The molecule has 3 aromatic carbocycles. The fourth-order valence-corrected chi connectivity index (χ4v) is 6.98. The Balaban J connectivity index is 1.64. The summed E-state index contributed by atoms with van der Waals surface area (Å²) in [7, 11) is 0. The molecule has 0 amide bonds. The number of halogens is 3. The summed E-state index contributed by atoms with van der Waals surface area (Å²) in [5, 5.41) is 0. The maximum atomic E-state index is 14.0. The molecule has 0 unspecified atom stereocenters. The Hall–Kier alpha value is -3.34. The van der Waals surface area contributed by atoms with Gasteiger partial charge in [-0.2, -0.15) is 0 Å². The first-order valence-electron chi connectivity index (χ1n) is 12.8. The number of thiazole rings is 1. The van der Waals surface area contributed by atoms with E-state index in [1.165, 1.54) is 23.5 Å². The number of aromatic nitrogens is 1. The van der Waals surface area contributed by atoms with E-state index in [0.717, 1.165) is 21.2 Å². The lowest BCUT2D eigenvalue weighted by Crippen LogP contribution is -2.39. The lowest BCUT2D eigenvalue weighted by atomic mass is 9.95. The molecule has 0 N–H and O–H groups in total. The Morgan fingerprint density at radius 1 is 1.10 bits per heavy atom. The Labute approximate surface area is 256 Å². The van der Waals surface area contributed by atoms with Crippen molar-refractivity contribution < 1.29 is 18.7 Å². The highest BCUT2D eigenvalue weighted by atomic mass is 79.9. The van der Waals surface area contributed by atoms with E-state index >= 15 is 0 Å². The Morgan fingerprint density at radius 2 is 1.80 bits per heavy atom. The Kier molecular flexibility index (Phi) is 8.72. The van der Waals surface area contributed by atoms with Gasteiger partial charge < -0.3 is 9.47 Å². The van der Waals surface area contributed by atoms with Crippen molar-refractivity contribution >= 4 is 55.2 Å². The molecule has 0 radical (unpaired) electrons. The molecule has 5 rings (SSSR count). The van der Waals surface area contributed by atoms with E-state index in [-0.39, 0.29) is 24.6 Å². The highest BCUT2D eigenvalue weighted by Crippen LogP contribution is 2.34. The number of aryl methyl sites for hydroxylation is 1. The van der Waals surface area contributed by atoms with Crippen LogP contribution in [0.3, 0.4) is 0 Å². The summed E-state index contributed by atoms with van der Waals surface area (Å²) >= 11 is 8.34. The van der Waals surface area contributed by atoms with Gasteiger partial charge in [0.2, 0.25) is 0 Å². The van der Waals surface area contributed by atoms with Crippen LogP contribution in [0.1, 0.15) is 42.1 Å². The molecule has 0 aliphatic carbocycles. The first-order valence-corrected chi connectivity index (χ1v) is 15.2. The molecule has 4 aromatic rings. The number of carbonyl (C=O) groups excluding carboxylic acids is 1. The lowest BCUT2D eigenvalue weighted by molar-refractivity contribution is -0.139. The summed E-state index contributed by atoms with van der Waals surface area (Å²) in [4.78, 5) is 32.2. The average Bonchev–Trinajstić information content (AvgIpc) is 3.23. The van der Waals surface area contributed by atoms with Gasteiger partial charge in [-0.1, -0.05) is 69.2 Å². The van der Waals surface area contributed by atoms with Crippen LogP contribution in [-0.2, 0) is 16.1 Å². The normalized spacial score (nSPS) is 15.0. The molecule has 0 saturated carbocycles. The zero-order chi connectivity index (χ0) is 29.3. The molecule has 10 heteroatoms. The predicted octanol–water partition coefficient (Wildman–Crippen LogP) is 6.35. The van der Waals surface area contributed by atoms with Crippen molar-refractivity contribution in [2.45, 2.75) is 33.4 Å². The second kappa shape index (κ2) is 12.3. The summed E-state index contributed by atoms with van der Waals surface area (Å²) in [6, 6.07) is 16.9. The summed E-state index contributed by atoms with van der Waals surface area (Å²) < 4.78 is 28.3. The van der Waals surface area contributed by atoms with Gasteiger partial charge in [-0.25, -0.2) is 14.2 Å². The maximum Gasteiger partial charge on any atom is 0.338 e. The van der Waals surface area contributed by atoms with Gasteiger partial charge in [0.1, 0.15) is 18.2 Å². The Morgan fingerprint density at radius 3 is 2.49 bits per heavy atom. The zero-order valence-electron chi connectivity index (χ0n) is 22.4. The summed E-state index contributed by atoms with van der Waals surface area (Å²) in [5.74, 6) is -0.289. The molecule has 0 saturated heterocycles. The highest BCUT2D eigenvalue weighted by Gasteiger charge is 2.33. The average molecular weight is 700 g/mol. The third kappa shape index (κ3) is 6.14. The van der Waals surface area contributed by atoms with Crippen molar-refractivity contribution in [3.63, 3.8) is 0 Å². The number of esters is 1. The summed E-state index contributed by atoms with van der Waals surface area (Å²) in [6.45, 7) is 5.90. The largest absolute Gasteiger partial charge is 0.487 e. The molecular weight excluding hydrogens is 675 g/mol. The monoisotopic (exact) mass is 698 g/mol. The van der Waals surface area contributed by atoms with Gasteiger partial charge in [-0.15, -0.1) is 0 Å². The molecule has 1 aliphatic rings. The molecule has 0 fully saturated rings. The van der Waals surface area contributed by atoms with Crippen molar-refractivity contribution in [3.05, 3.63) is 129 Å². The van der Waals surface area contributed by atoms with E-state index in [1.54, 1.807) is 36.6 Å². The van der Waals surface area contributed by atoms with Crippen LogP contribution in [0.15, 0.2) is 90.7 Å². The number of fused-ring (bicyclic) bond motifs is 1. The van der Waals surface area contributed by atoms with Crippen molar-refractivity contribution in [2.75, 3.05) is 6.61 Å². The van der Waals surface area contributed by atoms with E-state index in [0.29, 0.717) is 36.4 Å². The fraction of sp³-hybridized carbons (Fsp3) is 0.194. The van der Waals surface area contributed by atoms with Gasteiger partial charge in [0.25, 0.3) is 5.56 Å². The van der Waals surface area contributed by atoms with Gasteiger partial charge in [0.15, 0.2) is 4.80 Å². The lowest BCUT2D eigenvalue weighted by Gasteiger charge is -2.24. The first kappa shape index (κ1) is 29.2. The number of benzene rings is 3. The molecule has 0 bridgehead atoms. The van der Waals surface area contributed by atoms with Crippen LogP contribution in [0.5, 0.6) is 5.75 Å². The van der Waals surface area contributed by atoms with E-state index < -0.39 is 12.0 Å². The fourth-order valence-electron chi connectivity index (χ4n) is 4.57. The van der Waals surface area contributed by atoms with E-state index in [1.807, 2.05) is 43.3 Å². The maximum absolute atomic E-state index is 14.0. The second-order valence-electron chi connectivity index (χ2n) is 9.43. The molecular formula is C31H25Br2FN2O4S. The third-order valence-electron chi connectivity index (χ3n) is 6.53. The molecule has 2 heterocycles. The number of rotatable bonds is 7. The van der Waals surface area contributed by atoms with Crippen molar-refractivity contribution in [1.29, 1.82) is 0 Å². The Bertz CT molecular complexity index is 1850. The van der Waals surface area contributed by atoms with Crippen LogP contribution in [-0.4, -0.2) is 17.1 Å². The van der Waals surface area contributed by atoms with Crippen molar-refractivity contribution in [2.24, 2.45) is 4.99 Å². The van der Waals surface area contributed by atoms with Crippen molar-refractivity contribution in [1.82, 2.24) is 4.57 Å². The molecule has 1 aromatic heterocycles. The number of ether oxygens (including phenoxy) is 2. The number of hydrogen-bond donors (Lipinski definition) is 0. The second-order valence-corrected chi connectivity index (χ2v) is 12.2. The summed E-state index contributed by atoms with van der Waals surface area (Å²) in [6.07, 6.45) is 1.76. The number of nitrogens with zero attached hydrogens (tertiary/aromatic N) is 2. The van der Waals surface area contributed by atoms with Crippen LogP contribution in [0.2, 0.25) is 0 Å². The van der Waals surface area contributed by atoms with Crippen molar-refractivity contribution in [3.8, 4) is 5.75 Å². The number of allylic oxidation sites excluding steroid dienone is 1. The third-order valence-corrected chi connectivity index (χ3v) is 8.56. The van der Waals surface area contributed by atoms with Gasteiger partial charge in [-0.3, -0.25) is 9.36 Å². The number of carbonyl (C=O) groups is 1. The SMILES string of the molecule is CCOC(=O)C1=C(C)N=c2s/c(=C\c3cc(Br)cc(Br)c3OCc3ccc(F)cc3)c(=O)n2[C@@H]1c1ccc(C)cc1. The molecule has 210 valence electrons. The minimum absolute atomic E-state index is 0.206. The van der Waals surface area contributed by atoms with Crippen LogP contribution in [0.25, 0.3) is 6.08 Å². The standard InChI is InChI=1S/C31H25Br2FN2O4S/c1-4-39-30(38)26-18(3)35-31-36(27(26)20-9-5-17(2)6-10-20)29(37)25(41-31)14-21-13-22(32)15-24(33)28(21)40-16-19-7-11-23(34)12-8-19/h5-15,27H,4,16H2,1-3H3/b25-14-/t27-/m1/s1. The summed E-state index contributed by atoms with van der Waals surface area (Å²) in [5.41, 5.74) is 3.87. The zero-order valence-corrected chi connectivity index (χ0v) is 26.4. The molecule has 6 nitrogen and oxygen atoms in total. The quantitative estimate of drug-likeness (QED) is 0.211.